The first-order valence-corrected chi connectivity index (χ1v) is 9.67. The summed E-state index contributed by atoms with van der Waals surface area (Å²) >= 11 is 6.84. The first-order valence-electron chi connectivity index (χ1n) is 8.38. The molecule has 3 heterocycles. The van der Waals surface area contributed by atoms with Crippen molar-refractivity contribution in [1.82, 2.24) is 25.0 Å². The van der Waals surface area contributed by atoms with Crippen LogP contribution in [0.2, 0.25) is 0 Å². The number of carbonyl (C=O) groups excluding carboxylic acids is 2. The Labute approximate surface area is 155 Å². The van der Waals surface area contributed by atoms with Gasteiger partial charge in [0.15, 0.2) is 10.6 Å². The van der Waals surface area contributed by atoms with Crippen molar-refractivity contribution in [1.29, 1.82) is 0 Å². The molecule has 0 unspecified atom stereocenters. The third-order valence-corrected chi connectivity index (χ3v) is 5.34. The van der Waals surface area contributed by atoms with Gasteiger partial charge in [0, 0.05) is 39.0 Å². The van der Waals surface area contributed by atoms with Crippen LogP contribution in [0.4, 0.5) is 0 Å². The third-order valence-electron chi connectivity index (χ3n) is 4.16. The van der Waals surface area contributed by atoms with Crippen molar-refractivity contribution in [2.75, 3.05) is 19.6 Å². The summed E-state index contributed by atoms with van der Waals surface area (Å²) in [5.74, 6) is 0.968. The standard InChI is InChI=1S/C16H21N5O2S2/c22-13(17-7-3-9-20-8-1-5-14(20)23)6-10-21-15(18-19-16(21)24)12-4-2-11-25-12/h2,4,11H,1,3,5-10H2,(H,17,22)(H,19,24). The van der Waals surface area contributed by atoms with Crippen LogP contribution in [0.1, 0.15) is 25.7 Å². The monoisotopic (exact) mass is 379 g/mol. The Morgan fingerprint density at radius 1 is 1.44 bits per heavy atom. The van der Waals surface area contributed by atoms with Gasteiger partial charge in [0.1, 0.15) is 0 Å². The van der Waals surface area contributed by atoms with Crippen molar-refractivity contribution in [3.63, 3.8) is 0 Å². The largest absolute Gasteiger partial charge is 0.356 e. The number of hydrogen-bond acceptors (Lipinski definition) is 5. The minimum absolute atomic E-state index is 0.0204. The molecule has 1 fully saturated rings. The molecular weight excluding hydrogens is 358 g/mol. The summed E-state index contributed by atoms with van der Waals surface area (Å²) in [5, 5.41) is 11.9. The Balaban J connectivity index is 1.43. The van der Waals surface area contributed by atoms with E-state index in [1.807, 2.05) is 27.0 Å². The van der Waals surface area contributed by atoms with E-state index in [0.717, 1.165) is 30.1 Å². The van der Waals surface area contributed by atoms with Crippen molar-refractivity contribution < 1.29 is 9.59 Å². The number of hydrogen-bond donors (Lipinski definition) is 2. The zero-order chi connectivity index (χ0) is 17.6. The van der Waals surface area contributed by atoms with E-state index >= 15 is 0 Å². The van der Waals surface area contributed by atoms with Gasteiger partial charge in [-0.15, -0.1) is 11.3 Å². The number of amides is 2. The molecule has 0 bridgehead atoms. The maximum absolute atomic E-state index is 12.0. The van der Waals surface area contributed by atoms with Gasteiger partial charge in [0.05, 0.1) is 4.88 Å². The Bertz CT molecular complexity index is 781. The van der Waals surface area contributed by atoms with E-state index < -0.39 is 0 Å². The van der Waals surface area contributed by atoms with Gasteiger partial charge in [-0.25, -0.2) is 0 Å². The van der Waals surface area contributed by atoms with Gasteiger partial charge >= 0.3 is 0 Å². The first kappa shape index (κ1) is 17.8. The van der Waals surface area contributed by atoms with E-state index in [1.165, 1.54) is 0 Å². The molecule has 7 nitrogen and oxygen atoms in total. The molecule has 0 aromatic carbocycles. The van der Waals surface area contributed by atoms with Crippen molar-refractivity contribution in [3.05, 3.63) is 22.3 Å². The highest BCUT2D eigenvalue weighted by molar-refractivity contribution is 7.71. The second-order valence-corrected chi connectivity index (χ2v) is 7.25. The quantitative estimate of drug-likeness (QED) is 0.544. The molecule has 0 atom stereocenters. The van der Waals surface area contributed by atoms with Crippen LogP contribution < -0.4 is 5.32 Å². The number of likely N-dealkylation sites (tertiary alicyclic amines) is 1. The minimum Gasteiger partial charge on any atom is -0.356 e. The van der Waals surface area contributed by atoms with Gasteiger partial charge in [-0.05, 0) is 36.5 Å². The number of thiophene rings is 1. The zero-order valence-electron chi connectivity index (χ0n) is 13.9. The molecule has 1 saturated heterocycles. The smallest absolute Gasteiger partial charge is 0.222 e. The highest BCUT2D eigenvalue weighted by Crippen LogP contribution is 2.22. The topological polar surface area (TPSA) is 83.0 Å². The summed E-state index contributed by atoms with van der Waals surface area (Å²) in [6, 6.07) is 3.94. The fourth-order valence-corrected chi connectivity index (χ4v) is 3.80. The Morgan fingerprint density at radius 2 is 2.32 bits per heavy atom. The van der Waals surface area contributed by atoms with Crippen molar-refractivity contribution in [2.24, 2.45) is 0 Å². The third kappa shape index (κ3) is 4.55. The molecule has 0 radical (unpaired) electrons. The lowest BCUT2D eigenvalue weighted by atomic mass is 10.3. The second kappa shape index (κ2) is 8.39. The van der Waals surface area contributed by atoms with Crippen LogP contribution in [-0.2, 0) is 16.1 Å². The van der Waals surface area contributed by atoms with Crippen molar-refractivity contribution in [2.45, 2.75) is 32.2 Å². The molecule has 1 aliphatic rings. The van der Waals surface area contributed by atoms with Crippen LogP contribution in [0.15, 0.2) is 17.5 Å². The van der Waals surface area contributed by atoms with E-state index in [2.05, 4.69) is 15.5 Å². The van der Waals surface area contributed by atoms with Gasteiger partial charge < -0.3 is 10.2 Å². The zero-order valence-corrected chi connectivity index (χ0v) is 15.5. The predicted octanol–water partition coefficient (Wildman–Crippen LogP) is 2.19. The predicted molar refractivity (Wildman–Crippen MR) is 98.8 cm³/mol. The summed E-state index contributed by atoms with van der Waals surface area (Å²) in [7, 11) is 0. The van der Waals surface area contributed by atoms with Crippen LogP contribution >= 0.6 is 23.6 Å². The lowest BCUT2D eigenvalue weighted by molar-refractivity contribution is -0.127. The minimum atomic E-state index is -0.0204. The highest BCUT2D eigenvalue weighted by atomic mass is 32.1. The number of nitrogens with one attached hydrogen (secondary N) is 2. The molecule has 25 heavy (non-hydrogen) atoms. The number of aromatic amines is 1. The van der Waals surface area contributed by atoms with Crippen LogP contribution in [0.3, 0.4) is 0 Å². The summed E-state index contributed by atoms with van der Waals surface area (Å²) in [5.41, 5.74) is 0. The van der Waals surface area contributed by atoms with E-state index in [-0.39, 0.29) is 11.8 Å². The summed E-state index contributed by atoms with van der Waals surface area (Å²) in [6.45, 7) is 2.63. The molecule has 0 spiro atoms. The second-order valence-electron chi connectivity index (χ2n) is 5.92. The molecule has 1 aliphatic heterocycles. The Morgan fingerprint density at radius 3 is 3.04 bits per heavy atom. The lowest BCUT2D eigenvalue weighted by Gasteiger charge is -2.15. The number of rotatable bonds is 8. The first-order chi connectivity index (χ1) is 12.1. The van der Waals surface area contributed by atoms with Crippen molar-refractivity contribution in [3.8, 4) is 10.7 Å². The molecule has 2 aromatic rings. The Hall–Kier alpha value is -2.00. The SMILES string of the molecule is O=C(CCn1c(-c2cccs2)n[nH]c1=S)NCCCN1CCCC1=O. The van der Waals surface area contributed by atoms with Crippen LogP contribution in [0.25, 0.3) is 10.7 Å². The summed E-state index contributed by atoms with van der Waals surface area (Å²) < 4.78 is 2.37. The number of aromatic nitrogens is 3. The van der Waals surface area contributed by atoms with Gasteiger partial charge in [0.25, 0.3) is 0 Å². The average Bonchev–Trinajstić information content (AvgIpc) is 3.32. The molecule has 2 amide bonds. The molecule has 3 rings (SSSR count). The highest BCUT2D eigenvalue weighted by Gasteiger charge is 2.19. The van der Waals surface area contributed by atoms with Crippen molar-refractivity contribution >= 4 is 35.4 Å². The Kier molecular flexibility index (Phi) is 5.98. The van der Waals surface area contributed by atoms with Gasteiger partial charge in [-0.1, -0.05) is 6.07 Å². The van der Waals surface area contributed by atoms with Gasteiger partial charge in [-0.3, -0.25) is 19.3 Å². The molecule has 9 heteroatoms. The maximum Gasteiger partial charge on any atom is 0.222 e. The van der Waals surface area contributed by atoms with E-state index in [1.54, 1.807) is 11.3 Å². The number of nitrogens with zero attached hydrogens (tertiary/aromatic N) is 3. The van der Waals surface area contributed by atoms with Gasteiger partial charge in [-0.2, -0.15) is 5.10 Å². The molecule has 0 aliphatic carbocycles. The average molecular weight is 380 g/mol. The molecular formula is C16H21N5O2S2. The van der Waals surface area contributed by atoms with E-state index in [9.17, 15) is 9.59 Å². The number of H-pyrrole nitrogens is 1. The fraction of sp³-hybridized carbons (Fsp3) is 0.500. The molecule has 134 valence electrons. The van der Waals surface area contributed by atoms with Crippen LogP contribution in [0, 0.1) is 4.77 Å². The van der Waals surface area contributed by atoms with Crippen LogP contribution in [-0.4, -0.2) is 51.1 Å². The van der Waals surface area contributed by atoms with E-state index in [0.29, 0.717) is 37.2 Å². The summed E-state index contributed by atoms with van der Waals surface area (Å²) in [4.78, 5) is 26.4. The van der Waals surface area contributed by atoms with Gasteiger partial charge in [0.2, 0.25) is 11.8 Å². The van der Waals surface area contributed by atoms with Crippen LogP contribution in [0.5, 0.6) is 0 Å². The molecule has 2 aromatic heterocycles. The maximum atomic E-state index is 12.0. The normalized spacial score (nSPS) is 14.2. The number of carbonyl (C=O) groups is 2. The lowest BCUT2D eigenvalue weighted by Crippen LogP contribution is -2.31. The van der Waals surface area contributed by atoms with E-state index in [4.69, 9.17) is 12.2 Å². The molecule has 2 N–H and O–H groups in total. The summed E-state index contributed by atoms with van der Waals surface area (Å²) in [6.07, 6.45) is 2.73. The molecule has 0 saturated carbocycles. The fourth-order valence-electron chi connectivity index (χ4n) is 2.86.